The number of hydrogen-bond donors (Lipinski definition) is 4. The topological polar surface area (TPSA) is 90.6 Å². The van der Waals surface area contributed by atoms with E-state index >= 15 is 0 Å². The third kappa shape index (κ3) is 4.48. The van der Waals surface area contributed by atoms with Gasteiger partial charge in [0.25, 0.3) is 0 Å². The summed E-state index contributed by atoms with van der Waals surface area (Å²) in [5.74, 6) is 2.30. The lowest BCUT2D eigenvalue weighted by atomic mass is 10.1. The highest BCUT2D eigenvalue weighted by Gasteiger charge is 2.08. The van der Waals surface area contributed by atoms with Crippen molar-refractivity contribution in [1.29, 1.82) is 0 Å². The third-order valence-corrected chi connectivity index (χ3v) is 5.72. The van der Waals surface area contributed by atoms with Gasteiger partial charge in [-0.3, -0.25) is 0 Å². The molecule has 33 heavy (non-hydrogen) atoms. The standard InChI is InChI=1S/C26H28N6O/c1-4-33-21-6-8-24-22(13-21)18(15-28-24)9-10-27-26-29-14-16(2)25(32-26)31-20-5-7-23-19(12-20)11-17(3)30-23/h5-8,11-15,28,30H,4,9-10H2,1-3H3,(H2,27,29,31,32). The van der Waals surface area contributed by atoms with E-state index in [0.717, 1.165) is 52.5 Å². The van der Waals surface area contributed by atoms with Crippen LogP contribution in [0.3, 0.4) is 0 Å². The van der Waals surface area contributed by atoms with Gasteiger partial charge in [-0.1, -0.05) is 0 Å². The molecule has 0 aliphatic carbocycles. The quantitative estimate of drug-likeness (QED) is 0.243. The number of aromatic amines is 2. The molecule has 7 nitrogen and oxygen atoms in total. The maximum absolute atomic E-state index is 5.65. The molecule has 4 N–H and O–H groups in total. The van der Waals surface area contributed by atoms with E-state index in [4.69, 9.17) is 9.72 Å². The molecule has 0 atom stereocenters. The van der Waals surface area contributed by atoms with Gasteiger partial charge < -0.3 is 25.3 Å². The van der Waals surface area contributed by atoms with E-state index in [2.05, 4.69) is 75.1 Å². The molecule has 0 aliphatic heterocycles. The average molecular weight is 441 g/mol. The first-order valence-electron chi connectivity index (χ1n) is 11.3. The molecule has 5 rings (SSSR count). The van der Waals surface area contributed by atoms with E-state index in [0.29, 0.717) is 12.6 Å². The maximum atomic E-state index is 5.65. The van der Waals surface area contributed by atoms with Crippen LogP contribution in [-0.4, -0.2) is 33.1 Å². The van der Waals surface area contributed by atoms with Crippen LogP contribution in [0.4, 0.5) is 17.5 Å². The van der Waals surface area contributed by atoms with Gasteiger partial charge in [0.1, 0.15) is 11.6 Å². The first-order chi connectivity index (χ1) is 16.1. The van der Waals surface area contributed by atoms with Crippen molar-refractivity contribution in [3.05, 3.63) is 71.7 Å². The van der Waals surface area contributed by atoms with Crippen LogP contribution in [0.2, 0.25) is 0 Å². The molecule has 0 spiro atoms. The monoisotopic (exact) mass is 440 g/mol. The number of nitrogens with one attached hydrogen (secondary N) is 4. The first-order valence-corrected chi connectivity index (χ1v) is 11.3. The number of ether oxygens (including phenoxy) is 1. The molecule has 3 aromatic heterocycles. The number of anilines is 3. The molecule has 3 heterocycles. The van der Waals surface area contributed by atoms with Gasteiger partial charge in [0, 0.05) is 57.7 Å². The summed E-state index contributed by atoms with van der Waals surface area (Å²) in [5.41, 5.74) is 6.62. The van der Waals surface area contributed by atoms with Crippen LogP contribution in [-0.2, 0) is 6.42 Å². The summed E-state index contributed by atoms with van der Waals surface area (Å²) in [5, 5.41) is 9.16. The summed E-state index contributed by atoms with van der Waals surface area (Å²) in [7, 11) is 0. The Morgan fingerprint density at radius 2 is 1.91 bits per heavy atom. The molecule has 7 heteroatoms. The fourth-order valence-corrected chi connectivity index (χ4v) is 4.08. The number of benzene rings is 2. The van der Waals surface area contributed by atoms with Gasteiger partial charge in [0.2, 0.25) is 5.95 Å². The van der Waals surface area contributed by atoms with Gasteiger partial charge in [-0.15, -0.1) is 0 Å². The van der Waals surface area contributed by atoms with Crippen LogP contribution in [0, 0.1) is 13.8 Å². The van der Waals surface area contributed by atoms with Crippen molar-refractivity contribution in [2.75, 3.05) is 23.8 Å². The Morgan fingerprint density at radius 3 is 2.79 bits per heavy atom. The Hall–Kier alpha value is -4.00. The van der Waals surface area contributed by atoms with E-state index in [1.54, 1.807) is 0 Å². The number of aromatic nitrogens is 4. The molecule has 0 unspecified atom stereocenters. The van der Waals surface area contributed by atoms with E-state index < -0.39 is 0 Å². The Bertz CT molecular complexity index is 1420. The van der Waals surface area contributed by atoms with Crippen LogP contribution < -0.4 is 15.4 Å². The Kier molecular flexibility index (Phi) is 5.60. The van der Waals surface area contributed by atoms with Crippen LogP contribution in [0.25, 0.3) is 21.8 Å². The zero-order chi connectivity index (χ0) is 22.8. The Morgan fingerprint density at radius 1 is 1.03 bits per heavy atom. The summed E-state index contributed by atoms with van der Waals surface area (Å²) in [6.07, 6.45) is 4.75. The van der Waals surface area contributed by atoms with Crippen LogP contribution in [0.1, 0.15) is 23.7 Å². The van der Waals surface area contributed by atoms with Crippen molar-refractivity contribution in [2.24, 2.45) is 0 Å². The summed E-state index contributed by atoms with van der Waals surface area (Å²) >= 11 is 0. The van der Waals surface area contributed by atoms with Crippen molar-refractivity contribution in [3.63, 3.8) is 0 Å². The second-order valence-corrected chi connectivity index (χ2v) is 8.24. The van der Waals surface area contributed by atoms with Gasteiger partial charge in [-0.2, -0.15) is 4.98 Å². The Balaban J connectivity index is 1.27. The van der Waals surface area contributed by atoms with E-state index in [1.807, 2.05) is 26.1 Å². The average Bonchev–Trinajstić information content (AvgIpc) is 3.38. The maximum Gasteiger partial charge on any atom is 0.224 e. The molecular weight excluding hydrogens is 412 g/mol. The van der Waals surface area contributed by atoms with Gasteiger partial charge in [0.15, 0.2) is 0 Å². The predicted molar refractivity (Wildman–Crippen MR) is 135 cm³/mol. The molecule has 5 aromatic rings. The summed E-state index contributed by atoms with van der Waals surface area (Å²) in [6.45, 7) is 7.45. The minimum Gasteiger partial charge on any atom is -0.494 e. The second kappa shape index (κ2) is 8.86. The van der Waals surface area contributed by atoms with Crippen molar-refractivity contribution < 1.29 is 4.74 Å². The zero-order valence-corrected chi connectivity index (χ0v) is 19.1. The molecule has 0 saturated heterocycles. The minimum absolute atomic E-state index is 0.608. The smallest absolute Gasteiger partial charge is 0.224 e. The second-order valence-electron chi connectivity index (χ2n) is 8.24. The van der Waals surface area contributed by atoms with E-state index in [-0.39, 0.29) is 0 Å². The number of aryl methyl sites for hydroxylation is 2. The van der Waals surface area contributed by atoms with Gasteiger partial charge >= 0.3 is 0 Å². The van der Waals surface area contributed by atoms with Gasteiger partial charge in [-0.05, 0) is 75.2 Å². The molecule has 168 valence electrons. The third-order valence-electron chi connectivity index (χ3n) is 5.72. The SMILES string of the molecule is CCOc1ccc2[nH]cc(CCNc3ncc(C)c(Nc4ccc5[nH]c(C)cc5c4)n3)c2c1. The summed E-state index contributed by atoms with van der Waals surface area (Å²) < 4.78 is 5.65. The van der Waals surface area contributed by atoms with Crippen LogP contribution in [0.15, 0.2) is 54.9 Å². The molecule has 0 amide bonds. The number of nitrogens with zero attached hydrogens (tertiary/aromatic N) is 2. The zero-order valence-electron chi connectivity index (χ0n) is 19.1. The van der Waals surface area contributed by atoms with Gasteiger partial charge in [0.05, 0.1) is 6.61 Å². The highest BCUT2D eigenvalue weighted by atomic mass is 16.5. The normalized spacial score (nSPS) is 11.2. The Labute approximate surface area is 192 Å². The predicted octanol–water partition coefficient (Wildman–Crippen LogP) is 5.85. The largest absolute Gasteiger partial charge is 0.494 e. The van der Waals surface area contributed by atoms with Crippen molar-refractivity contribution in [2.45, 2.75) is 27.2 Å². The molecule has 0 aliphatic rings. The van der Waals surface area contributed by atoms with E-state index in [1.165, 1.54) is 16.3 Å². The lowest BCUT2D eigenvalue weighted by Crippen LogP contribution is -2.09. The number of hydrogen-bond acceptors (Lipinski definition) is 5. The van der Waals surface area contributed by atoms with E-state index in [9.17, 15) is 0 Å². The molecular formula is C26H28N6O. The summed E-state index contributed by atoms with van der Waals surface area (Å²) in [6, 6.07) is 14.6. The highest BCUT2D eigenvalue weighted by molar-refractivity contribution is 5.85. The van der Waals surface area contributed by atoms with Crippen LogP contribution >= 0.6 is 0 Å². The van der Waals surface area contributed by atoms with Crippen molar-refractivity contribution >= 4 is 39.3 Å². The van der Waals surface area contributed by atoms with Crippen molar-refractivity contribution in [3.8, 4) is 5.75 Å². The minimum atomic E-state index is 0.608. The highest BCUT2D eigenvalue weighted by Crippen LogP contribution is 2.25. The molecule has 0 bridgehead atoms. The first kappa shape index (κ1) is 20.9. The summed E-state index contributed by atoms with van der Waals surface area (Å²) in [4.78, 5) is 15.9. The fourth-order valence-electron chi connectivity index (χ4n) is 4.08. The van der Waals surface area contributed by atoms with Gasteiger partial charge in [-0.25, -0.2) is 4.98 Å². The lowest BCUT2D eigenvalue weighted by molar-refractivity contribution is 0.340. The van der Waals surface area contributed by atoms with Crippen LogP contribution in [0.5, 0.6) is 5.75 Å². The number of H-pyrrole nitrogens is 2. The molecule has 0 radical (unpaired) electrons. The molecule has 0 saturated carbocycles. The molecule has 0 fully saturated rings. The number of rotatable bonds is 8. The fraction of sp³-hybridized carbons (Fsp3) is 0.231. The van der Waals surface area contributed by atoms with Crippen molar-refractivity contribution in [1.82, 2.24) is 19.9 Å². The molecule has 2 aromatic carbocycles. The number of fused-ring (bicyclic) bond motifs is 2. The lowest BCUT2D eigenvalue weighted by Gasteiger charge is -2.11.